The third-order valence-electron chi connectivity index (χ3n) is 4.78. The minimum atomic E-state index is 0.00945. The maximum absolute atomic E-state index is 13.4. The van der Waals surface area contributed by atoms with Crippen LogP contribution >= 0.6 is 0 Å². The number of fused-ring (bicyclic) bond motifs is 1. The Morgan fingerprint density at radius 3 is 2.19 bits per heavy atom. The van der Waals surface area contributed by atoms with Gasteiger partial charge in [0.1, 0.15) is 0 Å². The maximum atomic E-state index is 13.4. The van der Waals surface area contributed by atoms with Crippen LogP contribution in [0.1, 0.15) is 21.5 Å². The molecular formula is C25H21NO. The van der Waals surface area contributed by atoms with Crippen LogP contribution in [0.4, 0.5) is 5.69 Å². The number of benzene rings is 4. The summed E-state index contributed by atoms with van der Waals surface area (Å²) < 4.78 is 0. The molecule has 0 aliphatic carbocycles. The van der Waals surface area contributed by atoms with Gasteiger partial charge in [0.25, 0.3) is 5.91 Å². The molecule has 1 amide bonds. The van der Waals surface area contributed by atoms with Crippen molar-refractivity contribution in [2.75, 3.05) is 4.90 Å². The average Bonchev–Trinajstić information content (AvgIpc) is 2.72. The Morgan fingerprint density at radius 2 is 1.41 bits per heavy atom. The van der Waals surface area contributed by atoms with E-state index in [1.807, 2.05) is 78.6 Å². The number of anilines is 1. The first kappa shape index (κ1) is 17.0. The number of hydrogen-bond acceptors (Lipinski definition) is 1. The largest absolute Gasteiger partial charge is 0.303 e. The third kappa shape index (κ3) is 3.61. The molecule has 132 valence electrons. The van der Waals surface area contributed by atoms with Crippen LogP contribution in [-0.2, 0) is 6.54 Å². The predicted octanol–water partition coefficient (Wildman–Crippen LogP) is 6.00. The van der Waals surface area contributed by atoms with Crippen molar-refractivity contribution in [2.24, 2.45) is 0 Å². The first-order valence-corrected chi connectivity index (χ1v) is 9.12. The van der Waals surface area contributed by atoms with E-state index in [-0.39, 0.29) is 5.91 Å². The standard InChI is InChI=1S/C25H21NO/c1-19-14-16-22(17-15-19)25(27)26(18-20-8-3-2-4-9-20)24-13-7-11-21-10-5-6-12-23(21)24/h2-17H,18H2,1H3. The van der Waals surface area contributed by atoms with Gasteiger partial charge >= 0.3 is 0 Å². The van der Waals surface area contributed by atoms with Gasteiger partial charge in [-0.2, -0.15) is 0 Å². The highest BCUT2D eigenvalue weighted by atomic mass is 16.2. The molecule has 0 atom stereocenters. The number of amides is 1. The second-order valence-electron chi connectivity index (χ2n) is 6.74. The van der Waals surface area contributed by atoms with Crippen molar-refractivity contribution in [3.8, 4) is 0 Å². The van der Waals surface area contributed by atoms with Crippen molar-refractivity contribution in [2.45, 2.75) is 13.5 Å². The van der Waals surface area contributed by atoms with Crippen molar-refractivity contribution in [1.82, 2.24) is 0 Å². The maximum Gasteiger partial charge on any atom is 0.258 e. The van der Waals surface area contributed by atoms with Gasteiger partial charge in [-0.25, -0.2) is 0 Å². The molecule has 0 saturated carbocycles. The lowest BCUT2D eigenvalue weighted by atomic mass is 10.1. The molecule has 0 N–H and O–H groups in total. The summed E-state index contributed by atoms with van der Waals surface area (Å²) in [7, 11) is 0. The normalized spacial score (nSPS) is 10.7. The van der Waals surface area contributed by atoms with E-state index >= 15 is 0 Å². The number of rotatable bonds is 4. The number of aryl methyl sites for hydroxylation is 1. The fourth-order valence-electron chi connectivity index (χ4n) is 3.33. The zero-order valence-corrected chi connectivity index (χ0v) is 15.3. The summed E-state index contributed by atoms with van der Waals surface area (Å²) in [6.45, 7) is 2.56. The van der Waals surface area contributed by atoms with Crippen LogP contribution in [0.2, 0.25) is 0 Å². The molecule has 0 aromatic heterocycles. The molecule has 0 heterocycles. The SMILES string of the molecule is Cc1ccc(C(=O)N(Cc2ccccc2)c2cccc3ccccc23)cc1. The third-order valence-corrected chi connectivity index (χ3v) is 4.78. The number of carbonyl (C=O) groups is 1. The summed E-state index contributed by atoms with van der Waals surface area (Å²) in [4.78, 5) is 15.3. The van der Waals surface area contributed by atoms with Gasteiger partial charge in [-0.3, -0.25) is 4.79 Å². The van der Waals surface area contributed by atoms with Crippen LogP contribution in [0.15, 0.2) is 97.1 Å². The van der Waals surface area contributed by atoms with Gasteiger partial charge in [-0.15, -0.1) is 0 Å². The highest BCUT2D eigenvalue weighted by molar-refractivity contribution is 6.10. The Kier molecular flexibility index (Phi) is 4.71. The van der Waals surface area contributed by atoms with Crippen molar-refractivity contribution < 1.29 is 4.79 Å². The van der Waals surface area contributed by atoms with Crippen LogP contribution < -0.4 is 4.90 Å². The molecule has 4 rings (SSSR count). The van der Waals surface area contributed by atoms with Crippen molar-refractivity contribution in [3.63, 3.8) is 0 Å². The van der Waals surface area contributed by atoms with Crippen LogP contribution in [0.25, 0.3) is 10.8 Å². The fraction of sp³-hybridized carbons (Fsp3) is 0.0800. The van der Waals surface area contributed by atoms with Crippen LogP contribution in [0.5, 0.6) is 0 Å². The zero-order chi connectivity index (χ0) is 18.6. The quantitative estimate of drug-likeness (QED) is 0.442. The molecule has 2 heteroatoms. The monoisotopic (exact) mass is 351 g/mol. The summed E-state index contributed by atoms with van der Waals surface area (Å²) in [5.41, 5.74) is 3.88. The summed E-state index contributed by atoms with van der Waals surface area (Å²) >= 11 is 0. The summed E-state index contributed by atoms with van der Waals surface area (Å²) in [6.07, 6.45) is 0. The van der Waals surface area contributed by atoms with E-state index in [4.69, 9.17) is 0 Å². The first-order valence-electron chi connectivity index (χ1n) is 9.12. The molecule has 0 fully saturated rings. The van der Waals surface area contributed by atoms with E-state index < -0.39 is 0 Å². The summed E-state index contributed by atoms with van der Waals surface area (Å²) in [6, 6.07) is 32.2. The molecule has 0 radical (unpaired) electrons. The number of carbonyl (C=O) groups excluding carboxylic acids is 1. The smallest absolute Gasteiger partial charge is 0.258 e. The van der Waals surface area contributed by atoms with Gasteiger partial charge in [0.05, 0.1) is 12.2 Å². The number of hydrogen-bond donors (Lipinski definition) is 0. The van der Waals surface area contributed by atoms with E-state index in [1.54, 1.807) is 0 Å². The minimum Gasteiger partial charge on any atom is -0.303 e. The Balaban J connectivity index is 1.82. The minimum absolute atomic E-state index is 0.00945. The fourth-order valence-corrected chi connectivity index (χ4v) is 3.33. The lowest BCUT2D eigenvalue weighted by Gasteiger charge is -2.25. The van der Waals surface area contributed by atoms with E-state index in [2.05, 4.69) is 30.3 Å². The molecule has 0 saturated heterocycles. The topological polar surface area (TPSA) is 20.3 Å². The lowest BCUT2D eigenvalue weighted by Crippen LogP contribution is -2.30. The highest BCUT2D eigenvalue weighted by Crippen LogP contribution is 2.29. The Labute approximate surface area is 159 Å². The molecule has 0 bridgehead atoms. The predicted molar refractivity (Wildman–Crippen MR) is 112 cm³/mol. The van der Waals surface area contributed by atoms with E-state index in [9.17, 15) is 4.79 Å². The highest BCUT2D eigenvalue weighted by Gasteiger charge is 2.20. The lowest BCUT2D eigenvalue weighted by molar-refractivity contribution is 0.0985. The van der Waals surface area contributed by atoms with Crippen LogP contribution in [0.3, 0.4) is 0 Å². The molecule has 4 aromatic carbocycles. The summed E-state index contributed by atoms with van der Waals surface area (Å²) in [5, 5.41) is 2.21. The second-order valence-corrected chi connectivity index (χ2v) is 6.74. The van der Waals surface area contributed by atoms with Gasteiger partial charge in [0.15, 0.2) is 0 Å². The van der Waals surface area contributed by atoms with Gasteiger partial charge in [-0.05, 0) is 36.1 Å². The van der Waals surface area contributed by atoms with E-state index in [0.29, 0.717) is 12.1 Å². The van der Waals surface area contributed by atoms with Crippen molar-refractivity contribution in [3.05, 3.63) is 114 Å². The van der Waals surface area contributed by atoms with Crippen LogP contribution in [0, 0.1) is 6.92 Å². The van der Waals surface area contributed by atoms with Gasteiger partial charge in [0, 0.05) is 10.9 Å². The Morgan fingerprint density at radius 1 is 0.741 bits per heavy atom. The second kappa shape index (κ2) is 7.46. The Hall–Kier alpha value is -3.39. The van der Waals surface area contributed by atoms with Crippen molar-refractivity contribution in [1.29, 1.82) is 0 Å². The summed E-state index contributed by atoms with van der Waals surface area (Å²) in [5.74, 6) is 0.00945. The molecule has 27 heavy (non-hydrogen) atoms. The average molecular weight is 351 g/mol. The molecule has 2 nitrogen and oxygen atoms in total. The first-order chi connectivity index (χ1) is 13.2. The molecule has 4 aromatic rings. The molecular weight excluding hydrogens is 330 g/mol. The van der Waals surface area contributed by atoms with Crippen molar-refractivity contribution >= 4 is 22.4 Å². The van der Waals surface area contributed by atoms with E-state index in [1.165, 1.54) is 0 Å². The molecule has 0 aliphatic heterocycles. The van der Waals surface area contributed by atoms with Gasteiger partial charge in [-0.1, -0.05) is 84.4 Å². The molecule has 0 aliphatic rings. The zero-order valence-electron chi connectivity index (χ0n) is 15.3. The van der Waals surface area contributed by atoms with Crippen LogP contribution in [-0.4, -0.2) is 5.91 Å². The van der Waals surface area contributed by atoms with E-state index in [0.717, 1.165) is 27.6 Å². The number of nitrogens with zero attached hydrogens (tertiary/aromatic N) is 1. The Bertz CT molecular complexity index is 1060. The van der Waals surface area contributed by atoms with Gasteiger partial charge in [0.2, 0.25) is 0 Å². The molecule has 0 spiro atoms. The van der Waals surface area contributed by atoms with Gasteiger partial charge < -0.3 is 4.90 Å². The molecule has 0 unspecified atom stereocenters.